The predicted octanol–water partition coefficient (Wildman–Crippen LogP) is 9.66. The average molecular weight is 637 g/mol. The van der Waals surface area contributed by atoms with Crippen LogP contribution in [0.5, 0.6) is 0 Å². The van der Waals surface area contributed by atoms with Gasteiger partial charge in [-0.15, -0.1) is 0 Å². The normalized spacial score (nSPS) is 42.3. The number of fused-ring (bicyclic) bond motifs is 7. The molecule has 7 rings (SSSR count). The van der Waals surface area contributed by atoms with Gasteiger partial charge >= 0.3 is 5.97 Å². The van der Waals surface area contributed by atoms with Gasteiger partial charge in [0.15, 0.2) is 11.9 Å². The van der Waals surface area contributed by atoms with E-state index in [1.165, 1.54) is 5.57 Å². The number of carbonyl (C=O) groups is 2. The van der Waals surface area contributed by atoms with E-state index in [9.17, 15) is 14.7 Å². The quantitative estimate of drug-likeness (QED) is 0.340. The van der Waals surface area contributed by atoms with E-state index in [2.05, 4.69) is 54.5 Å². The summed E-state index contributed by atoms with van der Waals surface area (Å²) in [5, 5.41) is 11.1. The lowest BCUT2D eigenvalue weighted by Crippen LogP contribution is -2.66. The Morgan fingerprint density at radius 1 is 0.787 bits per heavy atom. The van der Waals surface area contributed by atoms with E-state index < -0.39 is 11.5 Å². The molecule has 0 bridgehead atoms. The topological polar surface area (TPSA) is 63.6 Å². The molecule has 2 aromatic carbocycles. The van der Waals surface area contributed by atoms with Gasteiger partial charge in [0.2, 0.25) is 0 Å². The van der Waals surface area contributed by atoms with Crippen LogP contribution in [0.3, 0.4) is 0 Å². The van der Waals surface area contributed by atoms with Crippen LogP contribution in [0.1, 0.15) is 123 Å². The second kappa shape index (κ2) is 10.9. The lowest BCUT2D eigenvalue weighted by Gasteiger charge is -2.70. The van der Waals surface area contributed by atoms with Crippen LogP contribution in [-0.4, -0.2) is 23.0 Å². The Morgan fingerprint density at radius 2 is 1.38 bits per heavy atom. The molecule has 2 aromatic rings. The zero-order valence-corrected chi connectivity index (χ0v) is 29.8. The Kier molecular flexibility index (Phi) is 7.60. The second-order valence-electron chi connectivity index (χ2n) is 18.2. The molecule has 0 amide bonds. The Morgan fingerprint density at radius 3 is 2.00 bits per heavy atom. The van der Waals surface area contributed by atoms with Gasteiger partial charge in [0, 0.05) is 5.92 Å². The van der Waals surface area contributed by atoms with Gasteiger partial charge in [-0.3, -0.25) is 9.59 Å². The van der Waals surface area contributed by atoms with Crippen molar-refractivity contribution < 1.29 is 19.4 Å². The third-order valence-corrected chi connectivity index (χ3v) is 15.5. The monoisotopic (exact) mass is 636 g/mol. The number of allylic oxidation sites excluding steroid dienone is 2. The fourth-order valence-corrected chi connectivity index (χ4v) is 12.2. The van der Waals surface area contributed by atoms with Crippen molar-refractivity contribution in [3.05, 3.63) is 83.4 Å². The number of aliphatic hydroxyl groups excluding tert-OH is 1. The van der Waals surface area contributed by atoms with Gasteiger partial charge in [-0.05, 0) is 121 Å². The van der Waals surface area contributed by atoms with Crippen LogP contribution in [0.4, 0.5) is 0 Å². The number of hydrogen-bond acceptors (Lipinski definition) is 4. The number of ketones is 1. The van der Waals surface area contributed by atoms with Crippen LogP contribution in [0, 0.1) is 50.2 Å². The first-order chi connectivity index (χ1) is 22.1. The maximum atomic E-state index is 14.7. The summed E-state index contributed by atoms with van der Waals surface area (Å²) in [5.41, 5.74) is 2.09. The Hall–Kier alpha value is -2.72. The van der Waals surface area contributed by atoms with Crippen molar-refractivity contribution in [3.8, 4) is 0 Å². The van der Waals surface area contributed by atoms with Crippen molar-refractivity contribution >= 4 is 11.8 Å². The van der Waals surface area contributed by atoms with Crippen LogP contribution in [0.15, 0.2) is 72.3 Å². The summed E-state index contributed by atoms with van der Waals surface area (Å²) in [7, 11) is 0. The molecule has 252 valence electrons. The fourth-order valence-electron chi connectivity index (χ4n) is 12.2. The van der Waals surface area contributed by atoms with Crippen molar-refractivity contribution in [1.82, 2.24) is 0 Å². The SMILES string of the molecule is CC1(C)[C@@H](O)CC[C@]2(C)[C@H]3C(=O)C=C4[C@@H]5C[C@@](C)(C(=O)OC(c6ccccc6)c6ccccc6)CC[C@]5(C)CC[C@@]4(C)[C@]3(C)CC[C@@H]12. The standard InChI is InChI=1S/C43H56O4/c1-38(2)33-18-21-43(7)36(41(33,5)20-19-34(38)45)32(44)26-30-31-27-40(4,23-22-39(31,3)24-25-42(30,43)6)37(46)47-35(28-14-10-8-11-15-28)29-16-12-9-13-17-29/h8-17,26,31,33-36,45H,18-25,27H2,1-7H3/t31-,33-,34-,36+,39+,40-,41-,42+,43+/m0/s1. The van der Waals surface area contributed by atoms with E-state index in [1.807, 2.05) is 60.7 Å². The van der Waals surface area contributed by atoms with Gasteiger partial charge in [0.05, 0.1) is 11.5 Å². The summed E-state index contributed by atoms with van der Waals surface area (Å²) in [6.45, 7) is 16.3. The van der Waals surface area contributed by atoms with Gasteiger partial charge in [0.25, 0.3) is 0 Å². The van der Waals surface area contributed by atoms with Gasteiger partial charge in [-0.1, -0.05) is 108 Å². The number of rotatable bonds is 4. The van der Waals surface area contributed by atoms with Crippen LogP contribution in [-0.2, 0) is 14.3 Å². The number of ether oxygens (including phenoxy) is 1. The van der Waals surface area contributed by atoms with E-state index in [0.717, 1.165) is 62.5 Å². The van der Waals surface area contributed by atoms with Gasteiger partial charge in [-0.2, -0.15) is 0 Å². The molecule has 0 saturated heterocycles. The molecule has 47 heavy (non-hydrogen) atoms. The van der Waals surface area contributed by atoms with Crippen LogP contribution < -0.4 is 0 Å². The van der Waals surface area contributed by atoms with E-state index >= 15 is 0 Å². The number of hydrogen-bond donors (Lipinski definition) is 1. The highest BCUT2D eigenvalue weighted by Crippen LogP contribution is 2.75. The minimum absolute atomic E-state index is 0.0453. The highest BCUT2D eigenvalue weighted by molar-refractivity contribution is 5.95. The molecule has 4 fully saturated rings. The number of aliphatic hydroxyl groups is 1. The first kappa shape index (κ1) is 32.8. The van der Waals surface area contributed by atoms with Crippen LogP contribution in [0.2, 0.25) is 0 Å². The number of benzene rings is 2. The number of carbonyl (C=O) groups excluding carboxylic acids is 2. The summed E-state index contributed by atoms with van der Waals surface area (Å²) < 4.78 is 6.52. The Balaban J connectivity index is 1.23. The molecular formula is C43H56O4. The molecule has 0 aromatic heterocycles. The second-order valence-corrected chi connectivity index (χ2v) is 18.2. The van der Waals surface area contributed by atoms with Crippen molar-refractivity contribution in [2.45, 2.75) is 118 Å². The van der Waals surface area contributed by atoms with Crippen molar-refractivity contribution in [3.63, 3.8) is 0 Å². The van der Waals surface area contributed by atoms with E-state index in [0.29, 0.717) is 18.1 Å². The minimum Gasteiger partial charge on any atom is -0.452 e. The maximum absolute atomic E-state index is 14.7. The largest absolute Gasteiger partial charge is 0.452 e. The molecule has 0 radical (unpaired) electrons. The smallest absolute Gasteiger partial charge is 0.312 e. The highest BCUT2D eigenvalue weighted by atomic mass is 16.5. The molecule has 5 aliphatic carbocycles. The highest BCUT2D eigenvalue weighted by Gasteiger charge is 2.70. The summed E-state index contributed by atoms with van der Waals surface area (Å²) in [4.78, 5) is 29.1. The molecule has 4 saturated carbocycles. The molecular weight excluding hydrogens is 580 g/mol. The molecule has 0 aliphatic heterocycles. The van der Waals surface area contributed by atoms with Gasteiger partial charge < -0.3 is 9.84 Å². The van der Waals surface area contributed by atoms with Crippen LogP contribution >= 0.6 is 0 Å². The lowest BCUT2D eigenvalue weighted by atomic mass is 9.33. The fraction of sp³-hybridized carbons (Fsp3) is 0.628. The summed E-state index contributed by atoms with van der Waals surface area (Å²) in [6, 6.07) is 20.1. The zero-order chi connectivity index (χ0) is 33.6. The molecule has 0 unspecified atom stereocenters. The Labute approximate surface area is 282 Å². The lowest BCUT2D eigenvalue weighted by molar-refractivity contribution is -0.202. The van der Waals surface area contributed by atoms with E-state index in [-0.39, 0.29) is 51.0 Å². The molecule has 0 spiro atoms. The van der Waals surface area contributed by atoms with E-state index in [4.69, 9.17) is 4.74 Å². The van der Waals surface area contributed by atoms with Crippen molar-refractivity contribution in [2.24, 2.45) is 50.2 Å². The summed E-state index contributed by atoms with van der Waals surface area (Å²) in [6.07, 6.45) is 9.72. The average Bonchev–Trinajstić information content (AvgIpc) is 3.04. The van der Waals surface area contributed by atoms with Gasteiger partial charge in [0.1, 0.15) is 0 Å². The predicted molar refractivity (Wildman–Crippen MR) is 186 cm³/mol. The molecule has 4 nitrogen and oxygen atoms in total. The zero-order valence-electron chi connectivity index (χ0n) is 29.8. The first-order valence-electron chi connectivity index (χ1n) is 18.3. The molecule has 9 atom stereocenters. The third-order valence-electron chi connectivity index (χ3n) is 15.5. The molecule has 0 heterocycles. The first-order valence-corrected chi connectivity index (χ1v) is 18.3. The Bertz CT molecular complexity index is 1540. The van der Waals surface area contributed by atoms with Crippen molar-refractivity contribution in [2.75, 3.05) is 0 Å². The van der Waals surface area contributed by atoms with Crippen molar-refractivity contribution in [1.29, 1.82) is 0 Å². The number of esters is 1. The molecule has 5 aliphatic rings. The summed E-state index contributed by atoms with van der Waals surface area (Å²) >= 11 is 0. The summed E-state index contributed by atoms with van der Waals surface area (Å²) in [5.74, 6) is 0.606. The van der Waals surface area contributed by atoms with E-state index in [1.54, 1.807) is 0 Å². The minimum atomic E-state index is -0.640. The van der Waals surface area contributed by atoms with Gasteiger partial charge in [-0.25, -0.2) is 0 Å². The van der Waals surface area contributed by atoms with Crippen LogP contribution in [0.25, 0.3) is 0 Å². The maximum Gasteiger partial charge on any atom is 0.312 e. The molecule has 4 heteroatoms. The third kappa shape index (κ3) is 4.70. The molecule has 1 N–H and O–H groups in total.